The molecule has 8 nitrogen and oxygen atoms in total. The Morgan fingerprint density at radius 1 is 1.21 bits per heavy atom. The van der Waals surface area contributed by atoms with Crippen molar-refractivity contribution in [1.29, 1.82) is 0 Å². The third-order valence-electron chi connectivity index (χ3n) is 5.94. The molecule has 3 heterocycles. The monoisotopic (exact) mass is 397 g/mol. The number of rotatable bonds is 6. The second-order valence-electron chi connectivity index (χ2n) is 7.98. The van der Waals surface area contributed by atoms with Gasteiger partial charge in [0, 0.05) is 32.2 Å². The zero-order valence-electron chi connectivity index (χ0n) is 16.6. The summed E-state index contributed by atoms with van der Waals surface area (Å²) in [6.07, 6.45) is 3.39. The number of carbonyl (C=O) groups excluding carboxylic acids is 1. The van der Waals surface area contributed by atoms with Crippen LogP contribution in [0.15, 0.2) is 36.7 Å². The largest absolute Gasteiger partial charge is 0.497 e. The first-order chi connectivity index (χ1) is 14.0. The number of hydrogen-bond acceptors (Lipinski definition) is 7. The number of methoxy groups -OCH3 is 1. The molecule has 2 aliphatic rings. The highest BCUT2D eigenvalue weighted by molar-refractivity contribution is 5.85. The van der Waals surface area contributed by atoms with Crippen LogP contribution in [0.25, 0.3) is 0 Å². The van der Waals surface area contributed by atoms with E-state index in [4.69, 9.17) is 10.5 Å². The summed E-state index contributed by atoms with van der Waals surface area (Å²) in [5.74, 6) is 2.12. The van der Waals surface area contributed by atoms with Crippen molar-refractivity contribution in [3.8, 4) is 5.75 Å². The predicted octanol–water partition coefficient (Wildman–Crippen LogP) is 0.981. The van der Waals surface area contributed by atoms with E-state index in [2.05, 4.69) is 19.8 Å². The molecule has 2 aliphatic heterocycles. The standard InChI is InChI=1S/C21H27N5O3/c1-29-17-4-2-3-15(9-17)11-21(20(22)28)12-26(13-21)19-10-18(23-14-24-19)25-7-5-16(27)6-8-25/h2-4,9-10,14,16,27H,5-8,11-13H2,1H3,(H2,22,28). The van der Waals surface area contributed by atoms with E-state index >= 15 is 0 Å². The molecule has 2 fully saturated rings. The van der Waals surface area contributed by atoms with Crippen molar-refractivity contribution in [2.75, 3.05) is 43.1 Å². The van der Waals surface area contributed by atoms with Crippen LogP contribution in [0.2, 0.25) is 0 Å². The predicted molar refractivity (Wildman–Crippen MR) is 110 cm³/mol. The molecule has 0 spiro atoms. The van der Waals surface area contributed by atoms with Gasteiger partial charge in [-0.15, -0.1) is 0 Å². The zero-order chi connectivity index (χ0) is 20.4. The number of nitrogens with zero attached hydrogens (tertiary/aromatic N) is 4. The van der Waals surface area contributed by atoms with Gasteiger partial charge in [0.05, 0.1) is 18.6 Å². The average molecular weight is 397 g/mol. The summed E-state index contributed by atoms with van der Waals surface area (Å²) in [4.78, 5) is 25.3. The summed E-state index contributed by atoms with van der Waals surface area (Å²) in [5, 5.41) is 9.71. The van der Waals surface area contributed by atoms with Crippen LogP contribution in [0.3, 0.4) is 0 Å². The van der Waals surface area contributed by atoms with E-state index in [1.807, 2.05) is 30.3 Å². The first kappa shape index (κ1) is 19.4. The number of carbonyl (C=O) groups is 1. The number of aromatic nitrogens is 2. The highest BCUT2D eigenvalue weighted by atomic mass is 16.5. The molecule has 1 aromatic carbocycles. The Morgan fingerprint density at radius 3 is 2.55 bits per heavy atom. The smallest absolute Gasteiger partial charge is 0.227 e. The summed E-state index contributed by atoms with van der Waals surface area (Å²) in [5.41, 5.74) is 6.20. The molecule has 0 bridgehead atoms. The molecule has 0 atom stereocenters. The van der Waals surface area contributed by atoms with Crippen LogP contribution in [0.1, 0.15) is 18.4 Å². The molecule has 2 aromatic rings. The van der Waals surface area contributed by atoms with Crippen LogP contribution < -0.4 is 20.3 Å². The summed E-state index contributed by atoms with van der Waals surface area (Å²) in [6, 6.07) is 9.69. The molecule has 4 rings (SSSR count). The topological polar surface area (TPSA) is 105 Å². The van der Waals surface area contributed by atoms with E-state index in [0.29, 0.717) is 19.5 Å². The number of primary amides is 1. The van der Waals surface area contributed by atoms with Gasteiger partial charge in [-0.25, -0.2) is 9.97 Å². The first-order valence-electron chi connectivity index (χ1n) is 9.92. The van der Waals surface area contributed by atoms with Crippen LogP contribution in [-0.4, -0.2) is 60.4 Å². The van der Waals surface area contributed by atoms with E-state index < -0.39 is 5.41 Å². The average Bonchev–Trinajstić information content (AvgIpc) is 2.71. The second-order valence-corrected chi connectivity index (χ2v) is 7.98. The summed E-state index contributed by atoms with van der Waals surface area (Å²) < 4.78 is 5.29. The molecule has 29 heavy (non-hydrogen) atoms. The van der Waals surface area contributed by atoms with Gasteiger partial charge in [-0.1, -0.05) is 12.1 Å². The lowest BCUT2D eigenvalue weighted by Gasteiger charge is -2.49. The molecule has 2 saturated heterocycles. The van der Waals surface area contributed by atoms with Crippen molar-refractivity contribution in [1.82, 2.24) is 9.97 Å². The van der Waals surface area contributed by atoms with Gasteiger partial charge in [0.15, 0.2) is 0 Å². The van der Waals surface area contributed by atoms with Crippen LogP contribution >= 0.6 is 0 Å². The third kappa shape index (κ3) is 3.98. The minimum atomic E-state index is -0.618. The number of ether oxygens (including phenoxy) is 1. The first-order valence-corrected chi connectivity index (χ1v) is 9.92. The lowest BCUT2D eigenvalue weighted by atomic mass is 9.74. The zero-order valence-corrected chi connectivity index (χ0v) is 16.6. The Morgan fingerprint density at radius 2 is 1.90 bits per heavy atom. The highest BCUT2D eigenvalue weighted by Gasteiger charge is 2.48. The number of piperidine rings is 1. The maximum atomic E-state index is 12.3. The lowest BCUT2D eigenvalue weighted by molar-refractivity contribution is -0.129. The molecule has 1 amide bonds. The maximum absolute atomic E-state index is 12.3. The lowest BCUT2D eigenvalue weighted by Crippen LogP contribution is -2.64. The minimum Gasteiger partial charge on any atom is -0.497 e. The quantitative estimate of drug-likeness (QED) is 0.749. The summed E-state index contributed by atoms with van der Waals surface area (Å²) in [7, 11) is 1.63. The molecular weight excluding hydrogens is 370 g/mol. The molecular formula is C21H27N5O3. The van der Waals surface area contributed by atoms with Crippen LogP contribution in [0.4, 0.5) is 11.6 Å². The Kier molecular flexibility index (Phi) is 5.27. The van der Waals surface area contributed by atoms with Crippen molar-refractivity contribution >= 4 is 17.5 Å². The number of amides is 1. The SMILES string of the molecule is COc1cccc(CC2(C(N)=O)CN(c3cc(N4CCC(O)CC4)ncn3)C2)c1. The van der Waals surface area contributed by atoms with Gasteiger partial charge in [0.1, 0.15) is 23.7 Å². The summed E-state index contributed by atoms with van der Waals surface area (Å²) in [6.45, 7) is 2.60. The number of aliphatic hydroxyl groups excluding tert-OH is 1. The van der Waals surface area contributed by atoms with E-state index in [-0.39, 0.29) is 12.0 Å². The molecule has 0 radical (unpaired) electrons. The van der Waals surface area contributed by atoms with Gasteiger partial charge in [-0.2, -0.15) is 0 Å². The van der Waals surface area contributed by atoms with Gasteiger partial charge in [-0.05, 0) is 37.0 Å². The molecule has 1 aromatic heterocycles. The second kappa shape index (κ2) is 7.87. The molecule has 0 unspecified atom stereocenters. The number of benzene rings is 1. The Bertz CT molecular complexity index is 876. The van der Waals surface area contributed by atoms with Crippen LogP contribution in [-0.2, 0) is 11.2 Å². The van der Waals surface area contributed by atoms with Crippen molar-refractivity contribution in [2.45, 2.75) is 25.4 Å². The number of anilines is 2. The minimum absolute atomic E-state index is 0.226. The van der Waals surface area contributed by atoms with Crippen molar-refractivity contribution in [2.24, 2.45) is 11.1 Å². The Balaban J connectivity index is 1.46. The molecule has 3 N–H and O–H groups in total. The van der Waals surface area contributed by atoms with E-state index in [1.165, 1.54) is 0 Å². The van der Waals surface area contributed by atoms with Crippen molar-refractivity contribution < 1.29 is 14.6 Å². The van der Waals surface area contributed by atoms with Crippen LogP contribution in [0, 0.1) is 5.41 Å². The fourth-order valence-corrected chi connectivity index (χ4v) is 4.15. The van der Waals surface area contributed by atoms with Gasteiger partial charge >= 0.3 is 0 Å². The number of nitrogens with two attached hydrogens (primary N) is 1. The third-order valence-corrected chi connectivity index (χ3v) is 5.94. The fourth-order valence-electron chi connectivity index (χ4n) is 4.15. The summed E-state index contributed by atoms with van der Waals surface area (Å²) >= 11 is 0. The van der Waals surface area contributed by atoms with Crippen molar-refractivity contribution in [3.63, 3.8) is 0 Å². The molecule has 0 saturated carbocycles. The number of hydrogen-bond donors (Lipinski definition) is 2. The number of aliphatic hydroxyl groups is 1. The highest BCUT2D eigenvalue weighted by Crippen LogP contribution is 2.37. The molecule has 8 heteroatoms. The van der Waals surface area contributed by atoms with Gasteiger partial charge < -0.3 is 25.4 Å². The van der Waals surface area contributed by atoms with Gasteiger partial charge in [0.25, 0.3) is 0 Å². The van der Waals surface area contributed by atoms with Gasteiger partial charge in [-0.3, -0.25) is 4.79 Å². The normalized spacial score (nSPS) is 19.0. The van der Waals surface area contributed by atoms with Gasteiger partial charge in [0.2, 0.25) is 5.91 Å². The van der Waals surface area contributed by atoms with E-state index in [0.717, 1.165) is 48.9 Å². The Labute approximate surface area is 170 Å². The maximum Gasteiger partial charge on any atom is 0.227 e. The molecule has 0 aliphatic carbocycles. The molecule has 154 valence electrons. The van der Waals surface area contributed by atoms with E-state index in [9.17, 15) is 9.90 Å². The Hall–Kier alpha value is -2.87. The van der Waals surface area contributed by atoms with Crippen molar-refractivity contribution in [3.05, 3.63) is 42.2 Å². The fraction of sp³-hybridized carbons (Fsp3) is 0.476. The van der Waals surface area contributed by atoms with E-state index in [1.54, 1.807) is 13.4 Å². The van der Waals surface area contributed by atoms with Crippen LogP contribution in [0.5, 0.6) is 5.75 Å².